The summed E-state index contributed by atoms with van der Waals surface area (Å²) in [6, 6.07) is 7.81. The van der Waals surface area contributed by atoms with Crippen molar-refractivity contribution < 1.29 is 8.42 Å². The van der Waals surface area contributed by atoms with Gasteiger partial charge in [0.25, 0.3) is 0 Å². The fraction of sp³-hybridized carbons (Fsp3) is 0.0769. The van der Waals surface area contributed by atoms with Crippen LogP contribution in [0.5, 0.6) is 0 Å². The summed E-state index contributed by atoms with van der Waals surface area (Å²) in [7, 11) is -3.51. The molecule has 3 nitrogen and oxygen atoms in total. The van der Waals surface area contributed by atoms with Crippen molar-refractivity contribution in [2.24, 2.45) is 0 Å². The SMILES string of the molecule is N#Cc1ccc(S(=O)(=O)C2=CCC(=S)C=C2)cc1. The molecule has 0 spiro atoms. The number of allylic oxidation sites excluding steroid dienone is 3. The summed E-state index contributed by atoms with van der Waals surface area (Å²) < 4.78 is 24.5. The lowest BCUT2D eigenvalue weighted by Gasteiger charge is -2.09. The smallest absolute Gasteiger partial charge is 0.206 e. The van der Waals surface area contributed by atoms with Gasteiger partial charge in [0.1, 0.15) is 0 Å². The third-order valence-electron chi connectivity index (χ3n) is 2.54. The van der Waals surface area contributed by atoms with Crippen LogP contribution < -0.4 is 0 Å². The molecule has 1 aromatic rings. The summed E-state index contributed by atoms with van der Waals surface area (Å²) >= 11 is 4.97. The second kappa shape index (κ2) is 4.84. The highest BCUT2D eigenvalue weighted by Crippen LogP contribution is 2.23. The third-order valence-corrected chi connectivity index (χ3v) is 4.66. The molecule has 0 fully saturated rings. The minimum Gasteiger partial charge on any atom is -0.219 e. The van der Waals surface area contributed by atoms with Gasteiger partial charge >= 0.3 is 0 Å². The average molecular weight is 275 g/mol. The van der Waals surface area contributed by atoms with Crippen LogP contribution in [0.2, 0.25) is 0 Å². The number of rotatable bonds is 2. The molecule has 1 aliphatic rings. The van der Waals surface area contributed by atoms with E-state index in [1.807, 2.05) is 6.07 Å². The quantitative estimate of drug-likeness (QED) is 0.778. The summed E-state index contributed by atoms with van der Waals surface area (Å²) in [5, 5.41) is 8.67. The van der Waals surface area contributed by atoms with E-state index in [4.69, 9.17) is 17.5 Å². The maximum absolute atomic E-state index is 12.2. The highest BCUT2D eigenvalue weighted by molar-refractivity contribution is 7.95. The first-order valence-electron chi connectivity index (χ1n) is 5.20. The van der Waals surface area contributed by atoms with Gasteiger partial charge in [0, 0.05) is 11.3 Å². The highest BCUT2D eigenvalue weighted by atomic mass is 32.2. The van der Waals surface area contributed by atoms with Crippen molar-refractivity contribution in [2.75, 3.05) is 0 Å². The fourth-order valence-corrected chi connectivity index (χ4v) is 3.02. The van der Waals surface area contributed by atoms with Crippen LogP contribution >= 0.6 is 12.2 Å². The monoisotopic (exact) mass is 275 g/mol. The van der Waals surface area contributed by atoms with Crippen LogP contribution in [0.25, 0.3) is 0 Å². The summed E-state index contributed by atoms with van der Waals surface area (Å²) in [6.07, 6.45) is 5.22. The molecule has 18 heavy (non-hydrogen) atoms. The number of nitrogens with zero attached hydrogens (tertiary/aromatic N) is 1. The van der Waals surface area contributed by atoms with Crippen LogP contribution in [0.15, 0.2) is 52.3 Å². The number of hydrogen-bond acceptors (Lipinski definition) is 4. The number of sulfone groups is 1. The highest BCUT2D eigenvalue weighted by Gasteiger charge is 2.20. The van der Waals surface area contributed by atoms with Crippen LogP contribution in [0.3, 0.4) is 0 Å². The standard InChI is InChI=1S/C13H9NO2S2/c14-9-10-1-5-12(6-2-10)18(15,16)13-7-3-11(17)4-8-13/h1-3,5-8H,4H2. The first-order valence-corrected chi connectivity index (χ1v) is 7.09. The molecule has 0 aromatic heterocycles. The van der Waals surface area contributed by atoms with Crippen molar-refractivity contribution in [3.63, 3.8) is 0 Å². The molecule has 0 bridgehead atoms. The minimum atomic E-state index is -3.51. The molecule has 0 N–H and O–H groups in total. The molecule has 0 unspecified atom stereocenters. The predicted octanol–water partition coefficient (Wildman–Crippen LogP) is 2.55. The van der Waals surface area contributed by atoms with Gasteiger partial charge in [0.15, 0.2) is 0 Å². The van der Waals surface area contributed by atoms with E-state index < -0.39 is 9.84 Å². The van der Waals surface area contributed by atoms with Gasteiger partial charge in [-0.1, -0.05) is 18.3 Å². The zero-order valence-electron chi connectivity index (χ0n) is 9.33. The number of benzene rings is 1. The Kier molecular flexibility index (Phi) is 3.41. The van der Waals surface area contributed by atoms with Crippen LogP contribution in [0.4, 0.5) is 0 Å². The largest absolute Gasteiger partial charge is 0.219 e. The Bertz CT molecular complexity index is 690. The molecule has 0 saturated heterocycles. The maximum Gasteiger partial charge on any atom is 0.206 e. The molecular weight excluding hydrogens is 266 g/mol. The van der Waals surface area contributed by atoms with E-state index in [0.717, 1.165) is 0 Å². The molecule has 0 radical (unpaired) electrons. The Morgan fingerprint density at radius 1 is 1.17 bits per heavy atom. The van der Waals surface area contributed by atoms with E-state index in [9.17, 15) is 8.42 Å². The summed E-state index contributed by atoms with van der Waals surface area (Å²) in [5.41, 5.74) is 0.434. The topological polar surface area (TPSA) is 57.9 Å². The minimum absolute atomic E-state index is 0.185. The number of thiocarbonyl (C=S) groups is 1. The predicted molar refractivity (Wildman–Crippen MR) is 72.8 cm³/mol. The first kappa shape index (κ1) is 12.7. The van der Waals surface area contributed by atoms with Gasteiger partial charge in [-0.05, 0) is 36.4 Å². The van der Waals surface area contributed by atoms with E-state index in [2.05, 4.69) is 0 Å². The van der Waals surface area contributed by atoms with Crippen molar-refractivity contribution in [1.82, 2.24) is 0 Å². The zero-order chi connectivity index (χ0) is 13.2. The normalized spacial score (nSPS) is 15.1. The second-order valence-corrected chi connectivity index (χ2v) is 6.22. The molecule has 90 valence electrons. The van der Waals surface area contributed by atoms with Crippen molar-refractivity contribution in [3.05, 3.63) is 53.0 Å². The van der Waals surface area contributed by atoms with Gasteiger partial charge < -0.3 is 0 Å². The molecule has 0 saturated carbocycles. The molecule has 0 heterocycles. The Morgan fingerprint density at radius 2 is 1.83 bits per heavy atom. The van der Waals surface area contributed by atoms with Gasteiger partial charge in [-0.15, -0.1) is 0 Å². The summed E-state index contributed by atoms with van der Waals surface area (Å²) in [5.74, 6) is 0. The lowest BCUT2D eigenvalue weighted by molar-refractivity contribution is 0.603. The van der Waals surface area contributed by atoms with Crippen LogP contribution in [-0.4, -0.2) is 13.3 Å². The Hall–Kier alpha value is -1.77. The Balaban J connectivity index is 2.40. The van der Waals surface area contributed by atoms with Gasteiger partial charge in [-0.25, -0.2) is 8.42 Å². The summed E-state index contributed by atoms with van der Waals surface area (Å²) in [6.45, 7) is 0. The Morgan fingerprint density at radius 3 is 2.33 bits per heavy atom. The average Bonchev–Trinajstić information content (AvgIpc) is 2.39. The number of hydrogen-bond donors (Lipinski definition) is 0. The molecule has 1 aliphatic carbocycles. The van der Waals surface area contributed by atoms with Gasteiger partial charge in [0.2, 0.25) is 9.84 Å². The lowest BCUT2D eigenvalue weighted by atomic mass is 10.2. The molecule has 5 heteroatoms. The van der Waals surface area contributed by atoms with E-state index in [1.54, 1.807) is 12.2 Å². The van der Waals surface area contributed by atoms with Gasteiger partial charge in [0.05, 0.1) is 21.4 Å². The first-order chi connectivity index (χ1) is 8.54. The summed E-state index contributed by atoms with van der Waals surface area (Å²) in [4.78, 5) is 1.15. The third kappa shape index (κ3) is 2.40. The van der Waals surface area contributed by atoms with Crippen LogP contribution in [-0.2, 0) is 9.84 Å². The van der Waals surface area contributed by atoms with E-state index in [1.165, 1.54) is 30.3 Å². The van der Waals surface area contributed by atoms with E-state index in [-0.39, 0.29) is 9.80 Å². The zero-order valence-corrected chi connectivity index (χ0v) is 11.0. The molecule has 0 aliphatic heterocycles. The fourth-order valence-electron chi connectivity index (χ4n) is 1.56. The molecule has 0 atom stereocenters. The number of nitriles is 1. The molecule has 1 aromatic carbocycles. The van der Waals surface area contributed by atoms with Crippen LogP contribution in [0, 0.1) is 11.3 Å². The molecule has 0 amide bonds. The van der Waals surface area contributed by atoms with Gasteiger partial charge in [-0.3, -0.25) is 0 Å². The van der Waals surface area contributed by atoms with Crippen molar-refractivity contribution in [1.29, 1.82) is 5.26 Å². The van der Waals surface area contributed by atoms with Crippen molar-refractivity contribution in [3.8, 4) is 6.07 Å². The Labute approximate surface area is 111 Å². The van der Waals surface area contributed by atoms with E-state index in [0.29, 0.717) is 16.8 Å². The molecular formula is C13H9NO2S2. The van der Waals surface area contributed by atoms with E-state index >= 15 is 0 Å². The van der Waals surface area contributed by atoms with Crippen molar-refractivity contribution >= 4 is 26.9 Å². The second-order valence-electron chi connectivity index (χ2n) is 3.75. The van der Waals surface area contributed by atoms with Crippen molar-refractivity contribution in [2.45, 2.75) is 11.3 Å². The van der Waals surface area contributed by atoms with Crippen LogP contribution in [0.1, 0.15) is 12.0 Å². The molecule has 2 rings (SSSR count). The lowest BCUT2D eigenvalue weighted by Crippen LogP contribution is -2.06. The van der Waals surface area contributed by atoms with Gasteiger partial charge in [-0.2, -0.15) is 5.26 Å². The maximum atomic E-state index is 12.2.